The van der Waals surface area contributed by atoms with Gasteiger partial charge in [0.1, 0.15) is 6.17 Å². The first-order valence-electron chi connectivity index (χ1n) is 12.6. The van der Waals surface area contributed by atoms with Crippen LogP contribution in [0.2, 0.25) is 0 Å². The molecule has 1 saturated carbocycles. The molecule has 3 unspecified atom stereocenters. The Hall–Kier alpha value is -2.19. The van der Waals surface area contributed by atoms with Crippen LogP contribution in [0.4, 0.5) is 5.69 Å². The summed E-state index contributed by atoms with van der Waals surface area (Å²) in [4.78, 5) is 13.1. The van der Waals surface area contributed by atoms with Crippen molar-refractivity contribution in [1.29, 1.82) is 5.26 Å². The van der Waals surface area contributed by atoms with E-state index in [1.165, 1.54) is 4.31 Å². The number of nitrogens with zero attached hydrogens (tertiary/aromatic N) is 3. The molecule has 2 aliphatic heterocycles. The maximum absolute atomic E-state index is 13.0. The zero-order chi connectivity index (χ0) is 25.4. The normalized spacial score (nSPS) is 30.3. The largest absolute Gasteiger partial charge is 0.368 e. The molecule has 5 atom stereocenters. The van der Waals surface area contributed by atoms with Gasteiger partial charge in [-0.1, -0.05) is 19.3 Å². The molecule has 0 aromatic heterocycles. The SMILES string of the molecule is CN(C(C)(C)C)S(=O)(=O)c1ccc(NC2NN([C@@H]3CCCCC[C@H]3C#N)C3CCNC(=O)C23)cc1. The number of piperidine rings is 1. The standard InChI is InChI=1S/C25H38N6O3S/c1-25(2,3)30(4)35(33,34)19-12-10-18(11-13-19)28-23-22-21(14-15-27-24(22)32)31(29-23)20-9-7-5-6-8-17(20)16-26/h10-13,17,20-23,28-29H,5-9,14-15H2,1-4H3,(H,27,32)/t17-,20+,21?,22?,23?/m0/s1. The zero-order valence-corrected chi connectivity index (χ0v) is 21.9. The summed E-state index contributed by atoms with van der Waals surface area (Å²) >= 11 is 0. The number of amides is 1. The van der Waals surface area contributed by atoms with E-state index in [9.17, 15) is 18.5 Å². The van der Waals surface area contributed by atoms with Crippen molar-refractivity contribution in [3.8, 4) is 6.07 Å². The molecule has 1 aromatic rings. The van der Waals surface area contributed by atoms with Gasteiger partial charge in [-0.25, -0.2) is 18.9 Å². The van der Waals surface area contributed by atoms with Crippen LogP contribution in [0.15, 0.2) is 29.2 Å². The number of rotatable bonds is 5. The average Bonchev–Trinajstić information content (AvgIpc) is 3.01. The Balaban J connectivity index is 1.55. The topological polar surface area (TPSA) is 118 Å². The predicted octanol–water partition coefficient (Wildman–Crippen LogP) is 2.64. The number of hydrogen-bond donors (Lipinski definition) is 3. The average molecular weight is 503 g/mol. The van der Waals surface area contributed by atoms with Crippen molar-refractivity contribution in [3.05, 3.63) is 24.3 Å². The quantitative estimate of drug-likeness (QED) is 0.530. The van der Waals surface area contributed by atoms with Crippen molar-refractivity contribution >= 4 is 21.6 Å². The molecule has 192 valence electrons. The number of sulfonamides is 1. The van der Waals surface area contributed by atoms with Crippen LogP contribution in [-0.2, 0) is 14.8 Å². The fraction of sp³-hybridized carbons (Fsp3) is 0.680. The van der Waals surface area contributed by atoms with Gasteiger partial charge in [0.15, 0.2) is 0 Å². The van der Waals surface area contributed by atoms with E-state index in [0.717, 1.165) is 44.2 Å². The second-order valence-electron chi connectivity index (χ2n) is 10.9. The number of carbonyl (C=O) groups is 1. The third-order valence-corrected chi connectivity index (χ3v) is 9.88. The number of nitrogens with one attached hydrogen (secondary N) is 3. The molecule has 10 heteroatoms. The van der Waals surface area contributed by atoms with Crippen molar-refractivity contribution in [2.45, 2.75) is 88.0 Å². The number of hydrazine groups is 1. The number of benzene rings is 1. The summed E-state index contributed by atoms with van der Waals surface area (Å²) in [5, 5.41) is 18.4. The molecule has 2 saturated heterocycles. The van der Waals surface area contributed by atoms with Crippen LogP contribution in [0.1, 0.15) is 59.3 Å². The van der Waals surface area contributed by atoms with Crippen molar-refractivity contribution in [2.24, 2.45) is 11.8 Å². The number of nitriles is 1. The summed E-state index contributed by atoms with van der Waals surface area (Å²) in [7, 11) is -2.03. The van der Waals surface area contributed by atoms with Crippen molar-refractivity contribution in [1.82, 2.24) is 20.1 Å². The second-order valence-corrected chi connectivity index (χ2v) is 12.9. The number of hydrogen-bond acceptors (Lipinski definition) is 7. The van der Waals surface area contributed by atoms with E-state index in [-0.39, 0.29) is 40.9 Å². The van der Waals surface area contributed by atoms with Gasteiger partial charge in [-0.15, -0.1) is 0 Å². The van der Waals surface area contributed by atoms with Gasteiger partial charge in [0.05, 0.1) is 22.8 Å². The molecule has 1 amide bonds. The van der Waals surface area contributed by atoms with Gasteiger partial charge in [0.25, 0.3) is 0 Å². The van der Waals surface area contributed by atoms with Crippen LogP contribution >= 0.6 is 0 Å². The van der Waals surface area contributed by atoms with Gasteiger partial charge in [-0.05, 0) is 64.3 Å². The summed E-state index contributed by atoms with van der Waals surface area (Å²) in [6, 6.07) is 9.29. The third kappa shape index (κ3) is 5.19. The monoisotopic (exact) mass is 502 g/mol. The highest BCUT2D eigenvalue weighted by Gasteiger charge is 2.50. The third-order valence-electron chi connectivity index (χ3n) is 7.74. The summed E-state index contributed by atoms with van der Waals surface area (Å²) in [6.45, 7) is 6.20. The first-order chi connectivity index (χ1) is 16.5. The van der Waals surface area contributed by atoms with E-state index in [4.69, 9.17) is 0 Å². The molecule has 1 aliphatic carbocycles. The Morgan fingerprint density at radius 3 is 2.43 bits per heavy atom. The second kappa shape index (κ2) is 10.1. The zero-order valence-electron chi connectivity index (χ0n) is 21.1. The maximum Gasteiger partial charge on any atom is 0.243 e. The lowest BCUT2D eigenvalue weighted by molar-refractivity contribution is -0.128. The maximum atomic E-state index is 13.0. The van der Waals surface area contributed by atoms with Crippen molar-refractivity contribution in [2.75, 3.05) is 18.9 Å². The molecule has 0 radical (unpaired) electrons. The van der Waals surface area contributed by atoms with Crippen LogP contribution in [0.25, 0.3) is 0 Å². The molecule has 1 aromatic carbocycles. The van der Waals surface area contributed by atoms with Crippen LogP contribution in [0.5, 0.6) is 0 Å². The highest BCUT2D eigenvalue weighted by atomic mass is 32.2. The Morgan fingerprint density at radius 1 is 1.09 bits per heavy atom. The molecule has 3 fully saturated rings. The molecule has 0 bridgehead atoms. The molecule has 3 N–H and O–H groups in total. The molecule has 3 aliphatic rings. The summed E-state index contributed by atoms with van der Waals surface area (Å²) in [6.07, 6.45) is 5.60. The van der Waals surface area contributed by atoms with E-state index in [0.29, 0.717) is 6.54 Å². The lowest BCUT2D eigenvalue weighted by Crippen LogP contribution is -2.53. The minimum Gasteiger partial charge on any atom is -0.368 e. The predicted molar refractivity (Wildman–Crippen MR) is 134 cm³/mol. The molecule has 4 rings (SSSR count). The Kier molecular flexibility index (Phi) is 7.44. The number of fused-ring (bicyclic) bond motifs is 1. The minimum absolute atomic E-state index is 0.00174. The van der Waals surface area contributed by atoms with Gasteiger partial charge in [0, 0.05) is 36.9 Å². The summed E-state index contributed by atoms with van der Waals surface area (Å²) < 4.78 is 27.3. The van der Waals surface area contributed by atoms with E-state index >= 15 is 0 Å². The highest BCUT2D eigenvalue weighted by molar-refractivity contribution is 7.89. The molecular weight excluding hydrogens is 464 g/mol. The van der Waals surface area contributed by atoms with Crippen LogP contribution < -0.4 is 16.1 Å². The molecular formula is C25H38N6O3S. The van der Waals surface area contributed by atoms with E-state index in [1.807, 2.05) is 20.8 Å². The van der Waals surface area contributed by atoms with Gasteiger partial charge in [-0.2, -0.15) is 9.57 Å². The first kappa shape index (κ1) is 25.9. The summed E-state index contributed by atoms with van der Waals surface area (Å²) in [5.74, 6) is -0.359. The lowest BCUT2D eigenvalue weighted by Gasteiger charge is -2.36. The molecule has 2 heterocycles. The van der Waals surface area contributed by atoms with Crippen molar-refractivity contribution in [3.63, 3.8) is 0 Å². The van der Waals surface area contributed by atoms with Gasteiger partial charge in [0.2, 0.25) is 15.9 Å². The van der Waals surface area contributed by atoms with E-state index in [2.05, 4.69) is 27.1 Å². The Bertz CT molecular complexity index is 1060. The van der Waals surface area contributed by atoms with Crippen LogP contribution in [0, 0.1) is 23.2 Å². The van der Waals surface area contributed by atoms with Crippen LogP contribution in [-0.4, -0.2) is 61.0 Å². The number of anilines is 1. The molecule has 0 spiro atoms. The van der Waals surface area contributed by atoms with Gasteiger partial charge >= 0.3 is 0 Å². The first-order valence-corrected chi connectivity index (χ1v) is 14.1. The lowest BCUT2D eigenvalue weighted by atomic mass is 9.88. The Morgan fingerprint density at radius 2 is 1.77 bits per heavy atom. The van der Waals surface area contributed by atoms with E-state index in [1.54, 1.807) is 31.3 Å². The molecule has 9 nitrogen and oxygen atoms in total. The van der Waals surface area contributed by atoms with Crippen molar-refractivity contribution < 1.29 is 13.2 Å². The van der Waals surface area contributed by atoms with E-state index < -0.39 is 15.6 Å². The highest BCUT2D eigenvalue weighted by Crippen LogP contribution is 2.36. The minimum atomic E-state index is -3.62. The fourth-order valence-electron chi connectivity index (χ4n) is 5.49. The van der Waals surface area contributed by atoms with Crippen LogP contribution in [0.3, 0.4) is 0 Å². The van der Waals surface area contributed by atoms with Gasteiger partial charge < -0.3 is 10.6 Å². The molecule has 35 heavy (non-hydrogen) atoms. The smallest absolute Gasteiger partial charge is 0.243 e. The number of carbonyl (C=O) groups excluding carboxylic acids is 1. The Labute approximate surface area is 209 Å². The fourth-order valence-corrected chi connectivity index (χ4v) is 7.01. The van der Waals surface area contributed by atoms with Gasteiger partial charge in [-0.3, -0.25) is 4.79 Å². The summed E-state index contributed by atoms with van der Waals surface area (Å²) in [5.41, 5.74) is 3.74.